The van der Waals surface area contributed by atoms with Crippen molar-refractivity contribution in [3.05, 3.63) is 35.4 Å². The molecule has 1 aromatic rings. The Bertz CT molecular complexity index is 858. The fourth-order valence-electron chi connectivity index (χ4n) is 4.24. The molecule has 1 unspecified atom stereocenters. The van der Waals surface area contributed by atoms with E-state index in [-0.39, 0.29) is 11.8 Å². The molecule has 202 valence electrons. The van der Waals surface area contributed by atoms with Gasteiger partial charge in [-0.3, -0.25) is 14.5 Å². The van der Waals surface area contributed by atoms with Crippen LogP contribution in [0.2, 0.25) is 0 Å². The van der Waals surface area contributed by atoms with Crippen LogP contribution in [-0.4, -0.2) is 102 Å². The summed E-state index contributed by atoms with van der Waals surface area (Å²) in [6, 6.07) is 8.31. The molecule has 0 spiro atoms. The van der Waals surface area contributed by atoms with E-state index in [1.54, 1.807) is 0 Å². The lowest BCUT2D eigenvalue weighted by Crippen LogP contribution is -2.48. The minimum absolute atomic E-state index is 0.0303. The predicted octanol–water partition coefficient (Wildman–Crippen LogP) is 2.77. The summed E-state index contributed by atoms with van der Waals surface area (Å²) in [7, 11) is 0. The van der Waals surface area contributed by atoms with Crippen LogP contribution in [0, 0.1) is 6.92 Å². The largest absolute Gasteiger partial charge is 0.490 e. The van der Waals surface area contributed by atoms with Crippen molar-refractivity contribution in [1.29, 1.82) is 0 Å². The summed E-state index contributed by atoms with van der Waals surface area (Å²) in [6.07, 6.45) is -0.929. The number of alkyl halides is 3. The predicted molar refractivity (Wildman–Crippen MR) is 130 cm³/mol. The number of aliphatic carboxylic acids is 1. The maximum absolute atomic E-state index is 13.2. The number of benzene rings is 1. The Labute approximate surface area is 210 Å². The van der Waals surface area contributed by atoms with Gasteiger partial charge >= 0.3 is 12.1 Å². The molecule has 2 aliphatic heterocycles. The van der Waals surface area contributed by atoms with Gasteiger partial charge in [0.15, 0.2) is 0 Å². The summed E-state index contributed by atoms with van der Waals surface area (Å²) in [5.74, 6) is -2.57. The Morgan fingerprint density at radius 3 is 2.22 bits per heavy atom. The normalized spacial score (nSPS) is 18.7. The van der Waals surface area contributed by atoms with Gasteiger partial charge in [0.1, 0.15) is 0 Å². The summed E-state index contributed by atoms with van der Waals surface area (Å²) in [5, 5.41) is 10.4. The average Bonchev–Trinajstić information content (AvgIpc) is 2.85. The lowest BCUT2D eigenvalue weighted by Gasteiger charge is -2.35. The Hall–Kier alpha value is -2.66. The molecule has 36 heavy (non-hydrogen) atoms. The van der Waals surface area contributed by atoms with Gasteiger partial charge in [-0.2, -0.15) is 13.2 Å². The number of carboxylic acid groups (broad SMARTS) is 1. The van der Waals surface area contributed by atoms with E-state index in [1.165, 1.54) is 19.3 Å². The number of aryl methyl sites for hydroxylation is 1. The SMILES string of the molecule is Cc1ccc(C(=O)N(CCC(=O)N2CCNCC2)CCN2CCCCC2C)cc1.O=C(O)C(F)(F)F. The number of hydrogen-bond donors (Lipinski definition) is 2. The molecule has 2 N–H and O–H groups in total. The third-order valence-electron chi connectivity index (χ3n) is 6.49. The number of carbonyl (C=O) groups is 3. The maximum Gasteiger partial charge on any atom is 0.490 e. The zero-order valence-electron chi connectivity index (χ0n) is 21.0. The molecule has 3 rings (SSSR count). The van der Waals surface area contributed by atoms with Crippen molar-refractivity contribution in [1.82, 2.24) is 20.0 Å². The lowest BCUT2D eigenvalue weighted by molar-refractivity contribution is -0.192. The fraction of sp³-hybridized carbons (Fsp3) is 0.640. The summed E-state index contributed by atoms with van der Waals surface area (Å²) in [4.78, 5) is 41.0. The molecule has 2 fully saturated rings. The number of carboxylic acids is 1. The van der Waals surface area contributed by atoms with Gasteiger partial charge in [0.05, 0.1) is 0 Å². The quantitative estimate of drug-likeness (QED) is 0.582. The zero-order valence-corrected chi connectivity index (χ0v) is 21.0. The van der Waals surface area contributed by atoms with Crippen LogP contribution < -0.4 is 5.32 Å². The first-order valence-corrected chi connectivity index (χ1v) is 12.4. The van der Waals surface area contributed by atoms with E-state index in [1.807, 2.05) is 41.0 Å². The van der Waals surface area contributed by atoms with E-state index >= 15 is 0 Å². The van der Waals surface area contributed by atoms with Crippen LogP contribution in [0.5, 0.6) is 0 Å². The van der Waals surface area contributed by atoms with Crippen LogP contribution in [0.25, 0.3) is 0 Å². The van der Waals surface area contributed by atoms with Crippen molar-refractivity contribution in [2.75, 3.05) is 52.4 Å². The number of halogens is 3. The number of hydrogen-bond acceptors (Lipinski definition) is 5. The number of nitrogens with one attached hydrogen (secondary N) is 1. The van der Waals surface area contributed by atoms with E-state index in [0.717, 1.165) is 44.8 Å². The highest BCUT2D eigenvalue weighted by Gasteiger charge is 2.38. The second-order valence-corrected chi connectivity index (χ2v) is 9.22. The van der Waals surface area contributed by atoms with Crippen molar-refractivity contribution in [2.24, 2.45) is 0 Å². The van der Waals surface area contributed by atoms with E-state index in [0.29, 0.717) is 31.1 Å². The number of amides is 2. The van der Waals surface area contributed by atoms with Crippen LogP contribution in [0.15, 0.2) is 24.3 Å². The molecule has 0 bridgehead atoms. The molecule has 2 aliphatic rings. The number of carbonyl (C=O) groups excluding carboxylic acids is 2. The maximum atomic E-state index is 13.2. The third kappa shape index (κ3) is 9.77. The second-order valence-electron chi connectivity index (χ2n) is 9.22. The Kier molecular flexibility index (Phi) is 11.6. The van der Waals surface area contributed by atoms with E-state index in [2.05, 4.69) is 17.1 Å². The van der Waals surface area contributed by atoms with Gasteiger partial charge in [-0.1, -0.05) is 24.1 Å². The first-order chi connectivity index (χ1) is 17.0. The first-order valence-electron chi connectivity index (χ1n) is 12.4. The smallest absolute Gasteiger partial charge is 0.475 e. The van der Waals surface area contributed by atoms with Crippen molar-refractivity contribution in [2.45, 2.75) is 51.7 Å². The lowest BCUT2D eigenvalue weighted by atomic mass is 10.0. The van der Waals surface area contributed by atoms with Crippen LogP contribution in [0.1, 0.15) is 48.5 Å². The number of piperidine rings is 1. The van der Waals surface area contributed by atoms with Gasteiger partial charge in [0, 0.05) is 63.8 Å². The molecule has 0 aliphatic carbocycles. The Morgan fingerprint density at radius 2 is 1.67 bits per heavy atom. The molecule has 2 amide bonds. The summed E-state index contributed by atoms with van der Waals surface area (Å²) in [5.41, 5.74) is 1.85. The molecule has 11 heteroatoms. The highest BCUT2D eigenvalue weighted by atomic mass is 19.4. The highest BCUT2D eigenvalue weighted by molar-refractivity contribution is 5.94. The van der Waals surface area contributed by atoms with Crippen molar-refractivity contribution < 1.29 is 32.7 Å². The summed E-state index contributed by atoms with van der Waals surface area (Å²) < 4.78 is 31.7. The third-order valence-corrected chi connectivity index (χ3v) is 6.49. The molecular formula is C25H37F3N4O4. The average molecular weight is 515 g/mol. The number of piperazine rings is 1. The van der Waals surface area contributed by atoms with E-state index in [4.69, 9.17) is 9.90 Å². The fourth-order valence-corrected chi connectivity index (χ4v) is 4.24. The van der Waals surface area contributed by atoms with Gasteiger partial charge in [-0.05, 0) is 45.4 Å². The molecule has 0 saturated carbocycles. The molecule has 0 radical (unpaired) electrons. The van der Waals surface area contributed by atoms with Crippen LogP contribution >= 0.6 is 0 Å². The van der Waals surface area contributed by atoms with Crippen molar-refractivity contribution >= 4 is 17.8 Å². The van der Waals surface area contributed by atoms with Crippen LogP contribution in [0.3, 0.4) is 0 Å². The Balaban J connectivity index is 0.000000572. The zero-order chi connectivity index (χ0) is 26.7. The first kappa shape index (κ1) is 29.6. The van der Waals surface area contributed by atoms with Crippen molar-refractivity contribution in [3.8, 4) is 0 Å². The molecule has 1 aromatic carbocycles. The highest BCUT2D eigenvalue weighted by Crippen LogP contribution is 2.17. The Morgan fingerprint density at radius 1 is 1.06 bits per heavy atom. The second kappa shape index (κ2) is 14.2. The molecule has 1 atom stereocenters. The van der Waals surface area contributed by atoms with E-state index < -0.39 is 12.1 Å². The monoisotopic (exact) mass is 514 g/mol. The number of likely N-dealkylation sites (tertiary alicyclic amines) is 1. The molecular weight excluding hydrogens is 477 g/mol. The van der Waals surface area contributed by atoms with Gasteiger partial charge in [-0.15, -0.1) is 0 Å². The van der Waals surface area contributed by atoms with Crippen LogP contribution in [0.4, 0.5) is 13.2 Å². The number of nitrogens with zero attached hydrogens (tertiary/aromatic N) is 3. The molecule has 2 saturated heterocycles. The van der Waals surface area contributed by atoms with Crippen LogP contribution in [-0.2, 0) is 9.59 Å². The standard InChI is InChI=1S/C23H36N4O2.C2HF3O2/c1-19-6-8-21(9-7-19)23(29)27(18-17-25-13-4-3-5-20(25)2)14-10-22(28)26-15-11-24-12-16-26;3-2(4,5)1(6)7/h6-9,20,24H,3-5,10-18H2,1-2H3;(H,6,7). The minimum Gasteiger partial charge on any atom is -0.475 e. The molecule has 8 nitrogen and oxygen atoms in total. The van der Waals surface area contributed by atoms with Gasteiger partial charge in [-0.25, -0.2) is 4.79 Å². The minimum atomic E-state index is -5.08. The van der Waals surface area contributed by atoms with E-state index in [9.17, 15) is 22.8 Å². The summed E-state index contributed by atoms with van der Waals surface area (Å²) >= 11 is 0. The van der Waals surface area contributed by atoms with Gasteiger partial charge < -0.3 is 20.2 Å². The van der Waals surface area contributed by atoms with Crippen molar-refractivity contribution in [3.63, 3.8) is 0 Å². The molecule has 2 heterocycles. The molecule has 0 aromatic heterocycles. The number of rotatable bonds is 7. The topological polar surface area (TPSA) is 93.2 Å². The summed E-state index contributed by atoms with van der Waals surface area (Å²) in [6.45, 7) is 10.7. The van der Waals surface area contributed by atoms with Gasteiger partial charge in [0.25, 0.3) is 5.91 Å². The van der Waals surface area contributed by atoms with Gasteiger partial charge in [0.2, 0.25) is 5.91 Å².